The second-order valence-corrected chi connectivity index (χ2v) is 7.53. The summed E-state index contributed by atoms with van der Waals surface area (Å²) in [7, 11) is 0. The van der Waals surface area contributed by atoms with Gasteiger partial charge in [0.2, 0.25) is 0 Å². The number of rotatable bonds is 6. The zero-order valence-corrected chi connectivity index (χ0v) is 18.5. The molecule has 4 nitrogen and oxygen atoms in total. The van der Waals surface area contributed by atoms with E-state index in [9.17, 15) is 0 Å². The molecule has 0 fully saturated rings. The van der Waals surface area contributed by atoms with Crippen molar-refractivity contribution < 1.29 is 0 Å². The second-order valence-electron chi connectivity index (χ2n) is 7.53. The van der Waals surface area contributed by atoms with E-state index in [4.69, 9.17) is 21.5 Å². The van der Waals surface area contributed by atoms with Crippen LogP contribution in [0.2, 0.25) is 0 Å². The van der Waals surface area contributed by atoms with E-state index >= 15 is 0 Å². The summed E-state index contributed by atoms with van der Waals surface area (Å²) in [5, 5.41) is 0. The SMILES string of the molecule is CCc1cc(N)cc(CC)c1N=C1C=CC(=Nc2c(CC)cc(N)cc2CC)C=C1. The molecule has 4 heteroatoms. The maximum Gasteiger partial charge on any atom is 0.0702 e. The quantitative estimate of drug-likeness (QED) is 0.456. The highest BCUT2D eigenvalue weighted by Gasteiger charge is 2.11. The average Bonchev–Trinajstić information content (AvgIpc) is 2.76. The van der Waals surface area contributed by atoms with E-state index in [1.165, 1.54) is 22.3 Å². The summed E-state index contributed by atoms with van der Waals surface area (Å²) in [5.74, 6) is 0. The Balaban J connectivity index is 1.95. The first-order valence-electron chi connectivity index (χ1n) is 10.8. The summed E-state index contributed by atoms with van der Waals surface area (Å²) in [5.41, 5.74) is 22.4. The average molecular weight is 401 g/mol. The zero-order valence-electron chi connectivity index (χ0n) is 18.5. The van der Waals surface area contributed by atoms with Crippen LogP contribution in [0.3, 0.4) is 0 Å². The van der Waals surface area contributed by atoms with Crippen molar-refractivity contribution in [3.05, 3.63) is 70.8 Å². The summed E-state index contributed by atoms with van der Waals surface area (Å²) in [6.45, 7) is 8.55. The Bertz CT molecular complexity index is 903. The fraction of sp³-hybridized carbons (Fsp3) is 0.308. The smallest absolute Gasteiger partial charge is 0.0702 e. The van der Waals surface area contributed by atoms with E-state index in [1.807, 2.05) is 48.6 Å². The van der Waals surface area contributed by atoms with Crippen molar-refractivity contribution in [3.8, 4) is 0 Å². The molecule has 0 spiro atoms. The van der Waals surface area contributed by atoms with Crippen molar-refractivity contribution >= 4 is 34.2 Å². The lowest BCUT2D eigenvalue weighted by Gasteiger charge is -2.13. The van der Waals surface area contributed by atoms with Gasteiger partial charge in [-0.25, -0.2) is 9.98 Å². The van der Waals surface area contributed by atoms with Gasteiger partial charge in [-0.3, -0.25) is 0 Å². The Morgan fingerprint density at radius 2 is 0.800 bits per heavy atom. The van der Waals surface area contributed by atoms with Gasteiger partial charge in [0.15, 0.2) is 0 Å². The van der Waals surface area contributed by atoms with Gasteiger partial charge in [0.1, 0.15) is 0 Å². The van der Waals surface area contributed by atoms with Crippen LogP contribution in [0, 0.1) is 0 Å². The van der Waals surface area contributed by atoms with Crippen LogP contribution >= 0.6 is 0 Å². The first-order valence-corrected chi connectivity index (χ1v) is 10.8. The summed E-state index contributed by atoms with van der Waals surface area (Å²) in [4.78, 5) is 9.87. The van der Waals surface area contributed by atoms with Crippen LogP contribution in [0.5, 0.6) is 0 Å². The number of aryl methyl sites for hydroxylation is 4. The fourth-order valence-corrected chi connectivity index (χ4v) is 3.80. The monoisotopic (exact) mass is 400 g/mol. The highest BCUT2D eigenvalue weighted by molar-refractivity contribution is 6.19. The highest BCUT2D eigenvalue weighted by Crippen LogP contribution is 2.31. The number of benzene rings is 2. The van der Waals surface area contributed by atoms with Gasteiger partial charge in [0.25, 0.3) is 0 Å². The third-order valence-electron chi connectivity index (χ3n) is 5.44. The van der Waals surface area contributed by atoms with Crippen LogP contribution in [-0.4, -0.2) is 11.4 Å². The van der Waals surface area contributed by atoms with Crippen LogP contribution < -0.4 is 11.5 Å². The van der Waals surface area contributed by atoms with Gasteiger partial charge >= 0.3 is 0 Å². The maximum absolute atomic E-state index is 6.06. The third kappa shape index (κ3) is 4.70. The molecule has 4 N–H and O–H groups in total. The minimum Gasteiger partial charge on any atom is -0.399 e. The van der Waals surface area contributed by atoms with Crippen LogP contribution in [0.1, 0.15) is 49.9 Å². The predicted molar refractivity (Wildman–Crippen MR) is 132 cm³/mol. The van der Waals surface area contributed by atoms with Crippen molar-refractivity contribution in [1.29, 1.82) is 0 Å². The number of anilines is 2. The van der Waals surface area contributed by atoms with Crippen LogP contribution in [0.25, 0.3) is 0 Å². The van der Waals surface area contributed by atoms with Crippen LogP contribution in [0.4, 0.5) is 22.7 Å². The van der Waals surface area contributed by atoms with E-state index in [0.717, 1.165) is 59.9 Å². The lowest BCUT2D eigenvalue weighted by Crippen LogP contribution is -2.02. The van der Waals surface area contributed by atoms with E-state index in [1.54, 1.807) is 0 Å². The minimum atomic E-state index is 0.804. The van der Waals surface area contributed by atoms with Crippen LogP contribution in [0.15, 0.2) is 58.6 Å². The topological polar surface area (TPSA) is 76.8 Å². The van der Waals surface area contributed by atoms with Crippen molar-refractivity contribution in [2.45, 2.75) is 53.4 Å². The molecule has 0 aromatic heterocycles. The maximum atomic E-state index is 6.06. The molecule has 2 aromatic carbocycles. The molecule has 0 amide bonds. The van der Waals surface area contributed by atoms with Crippen molar-refractivity contribution in [1.82, 2.24) is 0 Å². The summed E-state index contributed by atoms with van der Waals surface area (Å²) in [6.07, 6.45) is 11.7. The molecule has 30 heavy (non-hydrogen) atoms. The van der Waals surface area contributed by atoms with Gasteiger partial charge in [-0.1, -0.05) is 27.7 Å². The number of nitrogens with two attached hydrogens (primary N) is 2. The Morgan fingerprint density at radius 1 is 0.533 bits per heavy atom. The lowest BCUT2D eigenvalue weighted by molar-refractivity contribution is 1.08. The molecule has 0 atom stereocenters. The van der Waals surface area contributed by atoms with E-state index < -0.39 is 0 Å². The molecule has 0 saturated carbocycles. The second kappa shape index (κ2) is 9.57. The molecule has 0 aliphatic heterocycles. The van der Waals surface area contributed by atoms with Crippen molar-refractivity contribution in [2.75, 3.05) is 11.5 Å². The lowest BCUT2D eigenvalue weighted by atomic mass is 10.0. The standard InChI is InChI=1S/C26H32N4/c1-5-17-13-21(27)14-18(6-2)25(17)29-23-9-11-24(12-10-23)30-26-19(7-3)15-22(28)16-20(26)8-4/h9-16H,5-8,27-28H2,1-4H3. The van der Waals surface area contributed by atoms with E-state index in [0.29, 0.717) is 0 Å². The highest BCUT2D eigenvalue weighted by atomic mass is 14.8. The van der Waals surface area contributed by atoms with Gasteiger partial charge in [-0.05, 0) is 96.5 Å². The van der Waals surface area contributed by atoms with E-state index in [2.05, 4.69) is 27.7 Å². The minimum absolute atomic E-state index is 0.804. The fourth-order valence-electron chi connectivity index (χ4n) is 3.80. The molecule has 0 radical (unpaired) electrons. The van der Waals surface area contributed by atoms with E-state index in [-0.39, 0.29) is 0 Å². The van der Waals surface area contributed by atoms with Gasteiger partial charge < -0.3 is 11.5 Å². The van der Waals surface area contributed by atoms with Gasteiger partial charge in [-0.15, -0.1) is 0 Å². The first kappa shape index (κ1) is 21.6. The van der Waals surface area contributed by atoms with Gasteiger partial charge in [0, 0.05) is 11.4 Å². The third-order valence-corrected chi connectivity index (χ3v) is 5.44. The molecular formula is C26H32N4. The molecule has 0 bridgehead atoms. The number of nitrogen functional groups attached to an aromatic ring is 2. The Kier molecular flexibility index (Phi) is 6.88. The molecule has 2 aromatic rings. The number of aliphatic imine (C=N–C) groups is 2. The first-order chi connectivity index (χ1) is 14.5. The number of hydrogen-bond donors (Lipinski definition) is 2. The molecule has 0 saturated heterocycles. The molecule has 0 unspecified atom stereocenters. The van der Waals surface area contributed by atoms with Crippen LogP contribution in [-0.2, 0) is 25.7 Å². The molecule has 156 valence electrons. The Morgan fingerprint density at radius 3 is 1.03 bits per heavy atom. The molecular weight excluding hydrogens is 368 g/mol. The normalized spacial score (nSPS) is 13.1. The zero-order chi connectivity index (χ0) is 21.7. The van der Waals surface area contributed by atoms with Gasteiger partial charge in [-0.2, -0.15) is 0 Å². The van der Waals surface area contributed by atoms with Crippen molar-refractivity contribution in [2.24, 2.45) is 9.98 Å². The number of nitrogens with zero attached hydrogens (tertiary/aromatic N) is 2. The molecule has 1 aliphatic carbocycles. The predicted octanol–water partition coefficient (Wildman–Crippen LogP) is 6.07. The molecule has 0 heterocycles. The largest absolute Gasteiger partial charge is 0.399 e. The van der Waals surface area contributed by atoms with Crippen molar-refractivity contribution in [3.63, 3.8) is 0 Å². The molecule has 1 aliphatic rings. The summed E-state index contributed by atoms with van der Waals surface area (Å²) in [6, 6.07) is 8.12. The number of allylic oxidation sites excluding steroid dienone is 4. The number of hydrogen-bond acceptors (Lipinski definition) is 4. The Hall–Kier alpha value is -3.14. The molecule has 3 rings (SSSR count). The summed E-state index contributed by atoms with van der Waals surface area (Å²) >= 11 is 0. The van der Waals surface area contributed by atoms with Gasteiger partial charge in [0.05, 0.1) is 22.8 Å². The summed E-state index contributed by atoms with van der Waals surface area (Å²) < 4.78 is 0. The Labute approximate surface area is 180 Å².